The largest absolute Gasteiger partial charge is 0.479 e. The lowest BCUT2D eigenvalue weighted by molar-refractivity contribution is -0.298. The van der Waals surface area contributed by atoms with Crippen molar-refractivity contribution in [2.75, 3.05) is 13.2 Å². The molecule has 0 bridgehead atoms. The standard InChI is InChI=1S/C52H98O11/c1-3-5-7-9-11-13-15-17-19-21-23-25-26-28-30-32-34-36-38-40-45(53)60-42-44(43-61-52-49(57)47(55)48(56)50(63-52)51(58)59)62-46(54)41-39-37-35-33-31-29-27-24-22-20-18-16-14-12-10-8-6-4-2/h44,47-50,52,55-57H,3-43H2,1-2H3,(H,58,59). The normalized spacial score (nSPS) is 19.3. The molecule has 372 valence electrons. The molecule has 0 spiro atoms. The molecule has 0 radical (unpaired) electrons. The fourth-order valence-electron chi connectivity index (χ4n) is 8.53. The fraction of sp³-hybridized carbons (Fsp3) is 0.942. The van der Waals surface area contributed by atoms with Crippen LogP contribution in [-0.4, -0.2) is 88.4 Å². The number of ether oxygens (including phenoxy) is 4. The van der Waals surface area contributed by atoms with Crippen LogP contribution in [0.25, 0.3) is 0 Å². The van der Waals surface area contributed by atoms with Gasteiger partial charge in [-0.15, -0.1) is 0 Å². The van der Waals surface area contributed by atoms with Gasteiger partial charge < -0.3 is 39.4 Å². The average molecular weight is 899 g/mol. The second-order valence-corrected chi connectivity index (χ2v) is 18.7. The monoisotopic (exact) mass is 899 g/mol. The molecular formula is C52H98O11. The molecule has 6 unspecified atom stereocenters. The van der Waals surface area contributed by atoms with E-state index in [1.165, 1.54) is 186 Å². The molecule has 0 aromatic heterocycles. The van der Waals surface area contributed by atoms with Gasteiger partial charge in [0.2, 0.25) is 0 Å². The van der Waals surface area contributed by atoms with E-state index >= 15 is 0 Å². The minimum Gasteiger partial charge on any atom is -0.479 e. The first kappa shape index (κ1) is 59.2. The Labute approximate surface area is 384 Å². The number of aliphatic hydroxyl groups is 3. The van der Waals surface area contributed by atoms with Gasteiger partial charge in [-0.1, -0.05) is 239 Å². The molecule has 1 saturated heterocycles. The SMILES string of the molecule is CCCCCCCCCCCCCCCCCCCCCC(=O)OCC(COC1OC(C(=O)O)C(O)C(O)C1O)OC(=O)CCCCCCCCCCCCCCCCCCCC. The third kappa shape index (κ3) is 34.2. The lowest BCUT2D eigenvalue weighted by atomic mass is 9.99. The van der Waals surface area contributed by atoms with E-state index in [0.29, 0.717) is 12.8 Å². The summed E-state index contributed by atoms with van der Waals surface area (Å²) >= 11 is 0. The Hall–Kier alpha value is -1.79. The Morgan fingerprint density at radius 3 is 1.08 bits per heavy atom. The van der Waals surface area contributed by atoms with Gasteiger partial charge in [0, 0.05) is 12.8 Å². The molecule has 6 atom stereocenters. The highest BCUT2D eigenvalue weighted by Gasteiger charge is 2.47. The number of hydrogen-bond donors (Lipinski definition) is 4. The molecule has 1 aliphatic rings. The summed E-state index contributed by atoms with van der Waals surface area (Å²) < 4.78 is 21.9. The van der Waals surface area contributed by atoms with Gasteiger partial charge in [-0.3, -0.25) is 9.59 Å². The topological polar surface area (TPSA) is 169 Å². The number of aliphatic carboxylic acids is 1. The lowest BCUT2D eigenvalue weighted by Crippen LogP contribution is -2.60. The minimum absolute atomic E-state index is 0.192. The third-order valence-corrected chi connectivity index (χ3v) is 12.7. The molecule has 0 aromatic rings. The molecule has 1 rings (SSSR count). The number of aliphatic hydroxyl groups excluding tert-OH is 3. The van der Waals surface area contributed by atoms with Gasteiger partial charge in [0.05, 0.1) is 6.61 Å². The Morgan fingerprint density at radius 2 is 0.746 bits per heavy atom. The van der Waals surface area contributed by atoms with Crippen molar-refractivity contribution >= 4 is 17.9 Å². The van der Waals surface area contributed by atoms with Gasteiger partial charge in [0.1, 0.15) is 24.9 Å². The summed E-state index contributed by atoms with van der Waals surface area (Å²) in [5, 5.41) is 40.0. The van der Waals surface area contributed by atoms with Crippen molar-refractivity contribution in [2.24, 2.45) is 0 Å². The van der Waals surface area contributed by atoms with E-state index < -0.39 is 54.7 Å². The number of esters is 2. The Balaban J connectivity index is 2.26. The molecule has 1 aliphatic heterocycles. The summed E-state index contributed by atoms with van der Waals surface area (Å²) in [5.74, 6) is -2.41. The average Bonchev–Trinajstić information content (AvgIpc) is 3.27. The molecule has 11 heteroatoms. The van der Waals surface area contributed by atoms with Crippen LogP contribution in [-0.2, 0) is 33.3 Å². The van der Waals surface area contributed by atoms with Crippen LogP contribution in [0, 0.1) is 0 Å². The van der Waals surface area contributed by atoms with Crippen LogP contribution < -0.4 is 0 Å². The Bertz CT molecular complexity index is 1060. The fourth-order valence-corrected chi connectivity index (χ4v) is 8.53. The van der Waals surface area contributed by atoms with E-state index in [9.17, 15) is 34.8 Å². The molecule has 11 nitrogen and oxygen atoms in total. The van der Waals surface area contributed by atoms with E-state index in [1.54, 1.807) is 0 Å². The van der Waals surface area contributed by atoms with Gasteiger partial charge in [-0.2, -0.15) is 0 Å². The van der Waals surface area contributed by atoms with Crippen molar-refractivity contribution in [3.05, 3.63) is 0 Å². The van der Waals surface area contributed by atoms with E-state index in [2.05, 4.69) is 13.8 Å². The zero-order chi connectivity index (χ0) is 46.0. The zero-order valence-electron chi connectivity index (χ0n) is 40.6. The smallest absolute Gasteiger partial charge is 0.335 e. The number of carbonyl (C=O) groups excluding carboxylic acids is 2. The van der Waals surface area contributed by atoms with Crippen molar-refractivity contribution in [3.8, 4) is 0 Å². The number of carbonyl (C=O) groups is 3. The lowest BCUT2D eigenvalue weighted by Gasteiger charge is -2.38. The number of rotatable bonds is 46. The van der Waals surface area contributed by atoms with E-state index in [0.717, 1.165) is 38.5 Å². The van der Waals surface area contributed by atoms with Crippen LogP contribution >= 0.6 is 0 Å². The number of hydrogen-bond acceptors (Lipinski definition) is 10. The van der Waals surface area contributed by atoms with Crippen LogP contribution in [0.4, 0.5) is 0 Å². The first-order valence-electron chi connectivity index (χ1n) is 26.6. The number of unbranched alkanes of at least 4 members (excludes halogenated alkanes) is 35. The maximum Gasteiger partial charge on any atom is 0.335 e. The van der Waals surface area contributed by atoms with Crippen LogP contribution in [0.1, 0.15) is 264 Å². The first-order chi connectivity index (χ1) is 30.7. The van der Waals surface area contributed by atoms with E-state index in [4.69, 9.17) is 18.9 Å². The van der Waals surface area contributed by atoms with Gasteiger partial charge >= 0.3 is 17.9 Å². The quantitative estimate of drug-likeness (QED) is 0.0339. The summed E-state index contributed by atoms with van der Waals surface area (Å²) in [5.41, 5.74) is 0. The summed E-state index contributed by atoms with van der Waals surface area (Å²) in [7, 11) is 0. The molecule has 0 amide bonds. The molecule has 0 aromatic carbocycles. The molecule has 63 heavy (non-hydrogen) atoms. The minimum atomic E-state index is -1.86. The summed E-state index contributed by atoms with van der Waals surface area (Å²) in [6.07, 6.45) is 37.2. The van der Waals surface area contributed by atoms with Gasteiger partial charge in [-0.05, 0) is 12.8 Å². The third-order valence-electron chi connectivity index (χ3n) is 12.7. The molecule has 0 saturated carbocycles. The molecule has 1 fully saturated rings. The summed E-state index contributed by atoms with van der Waals surface area (Å²) in [4.78, 5) is 37.0. The molecule has 0 aliphatic carbocycles. The van der Waals surface area contributed by atoms with Crippen molar-refractivity contribution in [2.45, 2.75) is 301 Å². The van der Waals surface area contributed by atoms with Crippen molar-refractivity contribution in [1.29, 1.82) is 0 Å². The molecule has 1 heterocycles. The summed E-state index contributed by atoms with van der Waals surface area (Å²) in [6.45, 7) is 3.87. The zero-order valence-corrected chi connectivity index (χ0v) is 40.6. The van der Waals surface area contributed by atoms with Crippen LogP contribution in [0.5, 0.6) is 0 Å². The molecule has 4 N–H and O–H groups in total. The van der Waals surface area contributed by atoms with E-state index in [-0.39, 0.29) is 26.1 Å². The van der Waals surface area contributed by atoms with Crippen LogP contribution in [0.15, 0.2) is 0 Å². The predicted octanol–water partition coefficient (Wildman–Crippen LogP) is 12.6. The highest BCUT2D eigenvalue weighted by molar-refractivity contribution is 5.73. The maximum absolute atomic E-state index is 12.8. The van der Waals surface area contributed by atoms with Crippen molar-refractivity contribution < 1.29 is 53.8 Å². The maximum atomic E-state index is 12.8. The first-order valence-corrected chi connectivity index (χ1v) is 26.6. The highest BCUT2D eigenvalue weighted by atomic mass is 16.7. The van der Waals surface area contributed by atoms with E-state index in [1.807, 2.05) is 0 Å². The van der Waals surface area contributed by atoms with Crippen molar-refractivity contribution in [1.82, 2.24) is 0 Å². The second kappa shape index (κ2) is 42.8. The Morgan fingerprint density at radius 1 is 0.429 bits per heavy atom. The predicted molar refractivity (Wildman–Crippen MR) is 253 cm³/mol. The number of carboxylic acids is 1. The van der Waals surface area contributed by atoms with Crippen molar-refractivity contribution in [3.63, 3.8) is 0 Å². The number of carboxylic acid groups (broad SMARTS) is 1. The van der Waals surface area contributed by atoms with Gasteiger partial charge in [-0.25, -0.2) is 4.79 Å². The summed E-state index contributed by atoms with van der Waals surface area (Å²) in [6, 6.07) is 0. The Kier molecular flexibility index (Phi) is 40.3. The van der Waals surface area contributed by atoms with Gasteiger partial charge in [0.25, 0.3) is 0 Å². The second-order valence-electron chi connectivity index (χ2n) is 18.7. The van der Waals surface area contributed by atoms with Gasteiger partial charge in [0.15, 0.2) is 18.5 Å². The highest BCUT2D eigenvalue weighted by Crippen LogP contribution is 2.23. The van der Waals surface area contributed by atoms with Crippen LogP contribution in [0.2, 0.25) is 0 Å². The van der Waals surface area contributed by atoms with Crippen LogP contribution in [0.3, 0.4) is 0 Å². The molecular weight excluding hydrogens is 801 g/mol.